The normalized spacial score (nSPS) is 13.5. The summed E-state index contributed by atoms with van der Waals surface area (Å²) >= 11 is 5.54. The maximum Gasteiger partial charge on any atom is 0.437 e. The van der Waals surface area contributed by atoms with Crippen LogP contribution in [-0.4, -0.2) is 17.6 Å². The number of alkyl halides is 4. The largest absolute Gasteiger partial charge is 0.460 e. The molecule has 0 aromatic carbocycles. The third-order valence-electron chi connectivity index (χ3n) is 1.71. The van der Waals surface area contributed by atoms with Gasteiger partial charge in [-0.05, 0) is 13.8 Å². The minimum absolute atomic E-state index is 0.0669. The van der Waals surface area contributed by atoms with Crippen LogP contribution in [0.2, 0.25) is 0 Å². The van der Waals surface area contributed by atoms with E-state index in [1.54, 1.807) is 0 Å². The van der Waals surface area contributed by atoms with Gasteiger partial charge in [-0.1, -0.05) is 0 Å². The van der Waals surface area contributed by atoms with Crippen molar-refractivity contribution in [1.29, 1.82) is 0 Å². The van der Waals surface area contributed by atoms with E-state index in [1.165, 1.54) is 13.8 Å². The topological polar surface area (TPSA) is 52.3 Å². The van der Waals surface area contributed by atoms with Crippen LogP contribution in [-0.2, 0) is 10.9 Å². The summed E-state index contributed by atoms with van der Waals surface area (Å²) in [6, 6.07) is 0. The number of carbonyl (C=O) groups excluding carboxylic acids is 1. The van der Waals surface area contributed by atoms with Crippen molar-refractivity contribution in [3.63, 3.8) is 0 Å². The Hall–Kier alpha value is -1.24. The Morgan fingerprint density at radius 1 is 1.59 bits per heavy atom. The molecule has 0 fully saturated rings. The van der Waals surface area contributed by atoms with E-state index in [1.807, 2.05) is 0 Å². The molecule has 1 heterocycles. The van der Waals surface area contributed by atoms with Crippen LogP contribution in [0, 0.1) is 0 Å². The number of ether oxygens (including phenoxy) is 1. The van der Waals surface area contributed by atoms with E-state index in [0.717, 1.165) is 0 Å². The minimum atomic E-state index is -4.80. The minimum Gasteiger partial charge on any atom is -0.460 e. The van der Waals surface area contributed by atoms with Crippen molar-refractivity contribution in [3.8, 4) is 0 Å². The molecular formula is C9H9ClF3NO3. The Balaban J connectivity index is 3.22. The van der Waals surface area contributed by atoms with Gasteiger partial charge >= 0.3 is 12.1 Å². The molecule has 0 radical (unpaired) electrons. The highest BCUT2D eigenvalue weighted by molar-refractivity contribution is 6.20. The molecule has 0 aliphatic carbocycles. The molecule has 0 saturated carbocycles. The first-order chi connectivity index (χ1) is 7.77. The van der Waals surface area contributed by atoms with Crippen molar-refractivity contribution < 1.29 is 27.1 Å². The molecule has 0 unspecified atom stereocenters. The van der Waals surface area contributed by atoms with Gasteiger partial charge in [0.2, 0.25) is 11.7 Å². The molecule has 4 nitrogen and oxygen atoms in total. The first-order valence-corrected chi connectivity index (χ1v) is 5.10. The highest BCUT2D eigenvalue weighted by Gasteiger charge is 2.42. The van der Waals surface area contributed by atoms with Crippen LogP contribution >= 0.6 is 11.6 Å². The van der Waals surface area contributed by atoms with E-state index in [-0.39, 0.29) is 12.5 Å². The van der Waals surface area contributed by atoms with Crippen LogP contribution in [0.5, 0.6) is 0 Å². The lowest BCUT2D eigenvalue weighted by Gasteiger charge is -2.03. The number of oxazole rings is 1. The summed E-state index contributed by atoms with van der Waals surface area (Å²) in [6.45, 7) is 2.78. The zero-order chi connectivity index (χ0) is 13.2. The van der Waals surface area contributed by atoms with Crippen molar-refractivity contribution in [3.05, 3.63) is 17.3 Å². The maximum atomic E-state index is 12.6. The molecule has 96 valence electrons. The standard InChI is InChI=1S/C9H9ClF3NO3/c1-3-16-8(15)5-6(9(11,12)13)14-7(17-5)4(2)10/h4H,3H2,1-2H3/t4-/m0/s1. The van der Waals surface area contributed by atoms with Crippen molar-refractivity contribution in [1.82, 2.24) is 4.98 Å². The monoisotopic (exact) mass is 271 g/mol. The Morgan fingerprint density at radius 3 is 2.59 bits per heavy atom. The van der Waals surface area contributed by atoms with E-state index in [9.17, 15) is 18.0 Å². The van der Waals surface area contributed by atoms with E-state index in [4.69, 9.17) is 11.6 Å². The Labute approximate surface area is 99.7 Å². The van der Waals surface area contributed by atoms with Gasteiger partial charge in [0.15, 0.2) is 5.69 Å². The molecule has 17 heavy (non-hydrogen) atoms. The molecule has 8 heteroatoms. The summed E-state index contributed by atoms with van der Waals surface area (Å²) in [5, 5.41) is -0.876. The highest BCUT2D eigenvalue weighted by Crippen LogP contribution is 2.34. The molecule has 0 N–H and O–H groups in total. The average molecular weight is 272 g/mol. The van der Waals surface area contributed by atoms with Gasteiger partial charge < -0.3 is 9.15 Å². The number of rotatable bonds is 3. The van der Waals surface area contributed by atoms with Gasteiger partial charge in [-0.2, -0.15) is 13.2 Å². The molecule has 1 atom stereocenters. The zero-order valence-corrected chi connectivity index (χ0v) is 9.72. The van der Waals surface area contributed by atoms with Crippen molar-refractivity contribution in [2.75, 3.05) is 6.61 Å². The van der Waals surface area contributed by atoms with Crippen LogP contribution in [0.3, 0.4) is 0 Å². The summed E-state index contributed by atoms with van der Waals surface area (Å²) in [5.74, 6) is -2.56. The molecule has 1 aromatic heterocycles. The van der Waals surface area contributed by atoms with E-state index < -0.39 is 29.0 Å². The third-order valence-corrected chi connectivity index (χ3v) is 1.90. The zero-order valence-electron chi connectivity index (χ0n) is 8.97. The molecule has 0 spiro atoms. The van der Waals surface area contributed by atoms with Crippen LogP contribution in [0.1, 0.15) is 41.4 Å². The second-order valence-electron chi connectivity index (χ2n) is 3.06. The second-order valence-corrected chi connectivity index (χ2v) is 3.72. The molecule has 0 aliphatic heterocycles. The molecular weight excluding hydrogens is 263 g/mol. The Bertz CT molecular complexity index is 414. The van der Waals surface area contributed by atoms with Gasteiger partial charge in [-0.25, -0.2) is 9.78 Å². The van der Waals surface area contributed by atoms with Crippen molar-refractivity contribution >= 4 is 17.6 Å². The smallest absolute Gasteiger partial charge is 0.437 e. The first-order valence-electron chi connectivity index (χ1n) is 4.66. The van der Waals surface area contributed by atoms with E-state index in [2.05, 4.69) is 14.1 Å². The molecule has 1 rings (SSSR count). The number of hydrogen-bond acceptors (Lipinski definition) is 4. The summed E-state index contributed by atoms with van der Waals surface area (Å²) in [7, 11) is 0. The number of carbonyl (C=O) groups is 1. The highest BCUT2D eigenvalue weighted by atomic mass is 35.5. The second kappa shape index (κ2) is 4.95. The van der Waals surface area contributed by atoms with Crippen molar-refractivity contribution in [2.45, 2.75) is 25.4 Å². The number of esters is 1. The third kappa shape index (κ3) is 3.12. The predicted octanol–water partition coefficient (Wildman–Crippen LogP) is 3.17. The van der Waals surface area contributed by atoms with Gasteiger partial charge in [0.25, 0.3) is 0 Å². The van der Waals surface area contributed by atoms with Crippen LogP contribution in [0.25, 0.3) is 0 Å². The fourth-order valence-electron chi connectivity index (χ4n) is 1.03. The number of hydrogen-bond donors (Lipinski definition) is 0. The maximum absolute atomic E-state index is 12.6. The van der Waals surface area contributed by atoms with Crippen LogP contribution in [0.15, 0.2) is 4.42 Å². The number of aromatic nitrogens is 1. The number of halogens is 4. The average Bonchev–Trinajstić information content (AvgIpc) is 2.61. The Kier molecular flexibility index (Phi) is 4.03. The summed E-state index contributed by atoms with van der Waals surface area (Å²) in [4.78, 5) is 14.4. The lowest BCUT2D eigenvalue weighted by Crippen LogP contribution is -2.14. The summed E-state index contributed by atoms with van der Waals surface area (Å²) < 4.78 is 46.8. The van der Waals surface area contributed by atoms with Crippen LogP contribution in [0.4, 0.5) is 13.2 Å². The first kappa shape index (κ1) is 13.8. The van der Waals surface area contributed by atoms with Gasteiger partial charge in [-0.15, -0.1) is 11.6 Å². The lowest BCUT2D eigenvalue weighted by atomic mass is 10.3. The molecule has 0 aliphatic rings. The Morgan fingerprint density at radius 2 is 2.18 bits per heavy atom. The summed E-state index contributed by atoms with van der Waals surface area (Å²) in [5.41, 5.74) is -1.42. The van der Waals surface area contributed by atoms with E-state index >= 15 is 0 Å². The van der Waals surface area contributed by atoms with Gasteiger partial charge in [0.1, 0.15) is 5.38 Å². The molecule has 1 aromatic rings. The van der Waals surface area contributed by atoms with E-state index in [0.29, 0.717) is 0 Å². The fourth-order valence-corrected chi connectivity index (χ4v) is 1.13. The molecule has 0 saturated heterocycles. The van der Waals surface area contributed by atoms with Gasteiger partial charge in [-0.3, -0.25) is 0 Å². The van der Waals surface area contributed by atoms with Gasteiger partial charge in [0, 0.05) is 0 Å². The predicted molar refractivity (Wildman–Crippen MR) is 51.7 cm³/mol. The fraction of sp³-hybridized carbons (Fsp3) is 0.556. The quantitative estimate of drug-likeness (QED) is 0.626. The molecule has 0 bridgehead atoms. The van der Waals surface area contributed by atoms with Crippen molar-refractivity contribution in [2.24, 2.45) is 0 Å². The summed E-state index contributed by atoms with van der Waals surface area (Å²) in [6.07, 6.45) is -4.80. The molecule has 0 amide bonds. The van der Waals surface area contributed by atoms with Crippen LogP contribution < -0.4 is 0 Å². The SMILES string of the molecule is CCOC(=O)c1oc([C@H](C)Cl)nc1C(F)(F)F. The number of nitrogens with zero attached hydrogens (tertiary/aromatic N) is 1. The van der Waals surface area contributed by atoms with Gasteiger partial charge in [0.05, 0.1) is 6.61 Å². The lowest BCUT2D eigenvalue weighted by molar-refractivity contribution is -0.141.